The van der Waals surface area contributed by atoms with Gasteiger partial charge in [-0.05, 0) is 24.2 Å². The summed E-state index contributed by atoms with van der Waals surface area (Å²) in [6, 6.07) is 5.94. The quantitative estimate of drug-likeness (QED) is 0.291. The van der Waals surface area contributed by atoms with Crippen molar-refractivity contribution in [3.8, 4) is 17.0 Å². The molecule has 0 bridgehead atoms. The smallest absolute Gasteiger partial charge is 0.315 e. The number of nitrogens with zero attached hydrogens (tertiary/aromatic N) is 3. The van der Waals surface area contributed by atoms with Gasteiger partial charge < -0.3 is 9.47 Å². The molecule has 0 atom stereocenters. The van der Waals surface area contributed by atoms with E-state index in [1.54, 1.807) is 18.2 Å². The van der Waals surface area contributed by atoms with Gasteiger partial charge in [-0.2, -0.15) is 5.10 Å². The topological polar surface area (TPSA) is 79.4 Å². The van der Waals surface area contributed by atoms with Gasteiger partial charge in [-0.25, -0.2) is 4.68 Å². The zero-order valence-electron chi connectivity index (χ0n) is 14.8. The van der Waals surface area contributed by atoms with Crippen molar-refractivity contribution in [3.63, 3.8) is 0 Å². The van der Waals surface area contributed by atoms with Crippen molar-refractivity contribution < 1.29 is 14.4 Å². The molecule has 25 heavy (non-hydrogen) atoms. The number of halogens is 1. The minimum Gasteiger partial charge on any atom is -0.496 e. The Morgan fingerprint density at radius 1 is 1.36 bits per heavy atom. The van der Waals surface area contributed by atoms with Crippen LogP contribution in [0.1, 0.15) is 0 Å². The molecular weight excluding hydrogens is 362 g/mol. The molecule has 1 aromatic heterocycles. The fourth-order valence-corrected chi connectivity index (χ4v) is 3.13. The van der Waals surface area contributed by atoms with Crippen molar-refractivity contribution in [2.75, 3.05) is 13.7 Å². The van der Waals surface area contributed by atoms with Crippen molar-refractivity contribution >= 4 is 25.4 Å². The van der Waals surface area contributed by atoms with Gasteiger partial charge in [0.05, 0.1) is 17.6 Å². The first kappa shape index (κ1) is 19.4. The van der Waals surface area contributed by atoms with Crippen molar-refractivity contribution in [2.24, 2.45) is 0 Å². The number of ether oxygens (including phenoxy) is 2. The van der Waals surface area contributed by atoms with Crippen LogP contribution in [-0.4, -0.2) is 36.5 Å². The van der Waals surface area contributed by atoms with Crippen molar-refractivity contribution in [1.29, 1.82) is 0 Å². The second-order valence-electron chi connectivity index (χ2n) is 6.85. The third-order valence-corrected chi connectivity index (χ3v) is 5.51. The Hall–Kier alpha value is -1.90. The molecule has 0 saturated carbocycles. The number of rotatable bonds is 8. The molecule has 0 aliphatic rings. The summed E-state index contributed by atoms with van der Waals surface area (Å²) in [7, 11) is 0.311. The molecule has 0 saturated heterocycles. The number of methoxy groups -OCH3 is 1. The van der Waals surface area contributed by atoms with Crippen LogP contribution in [0.4, 0.5) is 5.69 Å². The van der Waals surface area contributed by atoms with E-state index in [0.29, 0.717) is 22.9 Å². The summed E-state index contributed by atoms with van der Waals surface area (Å²) in [6.45, 7) is 7.56. The van der Waals surface area contributed by atoms with Gasteiger partial charge in [-0.15, -0.1) is 0 Å². The summed E-state index contributed by atoms with van der Waals surface area (Å²) in [6.07, 6.45) is 1.37. The normalized spacial score (nSPS) is 11.6. The second kappa shape index (κ2) is 7.98. The van der Waals surface area contributed by atoms with E-state index in [1.807, 2.05) is 0 Å². The highest BCUT2D eigenvalue weighted by Crippen LogP contribution is 2.36. The highest BCUT2D eigenvalue weighted by atomic mass is 35.5. The third kappa shape index (κ3) is 5.28. The lowest BCUT2D eigenvalue weighted by Gasteiger charge is -2.15. The molecular formula is C16H22ClN3O4Si. The molecule has 0 aliphatic heterocycles. The van der Waals surface area contributed by atoms with E-state index in [9.17, 15) is 10.1 Å². The molecule has 1 heterocycles. The summed E-state index contributed by atoms with van der Waals surface area (Å²) in [4.78, 5) is 10.9. The van der Waals surface area contributed by atoms with Gasteiger partial charge >= 0.3 is 5.69 Å². The van der Waals surface area contributed by atoms with Crippen LogP contribution in [0.3, 0.4) is 0 Å². The van der Waals surface area contributed by atoms with Crippen LogP contribution in [0.5, 0.6) is 5.75 Å². The molecule has 0 spiro atoms. The van der Waals surface area contributed by atoms with Crippen LogP contribution in [-0.2, 0) is 11.5 Å². The van der Waals surface area contributed by atoms with E-state index in [-0.39, 0.29) is 18.1 Å². The fourth-order valence-electron chi connectivity index (χ4n) is 2.20. The minimum atomic E-state index is -1.18. The maximum atomic E-state index is 11.4. The Labute approximate surface area is 152 Å². The first-order valence-electron chi connectivity index (χ1n) is 7.85. The number of hydrogen-bond donors (Lipinski definition) is 0. The number of nitro groups is 1. The van der Waals surface area contributed by atoms with Crippen LogP contribution in [0.2, 0.25) is 30.7 Å². The van der Waals surface area contributed by atoms with E-state index < -0.39 is 13.0 Å². The highest BCUT2D eigenvalue weighted by molar-refractivity contribution is 6.76. The fraction of sp³-hybridized carbons (Fsp3) is 0.438. The second-order valence-corrected chi connectivity index (χ2v) is 12.9. The van der Waals surface area contributed by atoms with Gasteiger partial charge in [0.15, 0.2) is 5.69 Å². The Kier molecular flexibility index (Phi) is 6.20. The first-order chi connectivity index (χ1) is 11.7. The Bertz CT molecular complexity index is 758. The van der Waals surface area contributed by atoms with Gasteiger partial charge in [0.1, 0.15) is 18.7 Å². The summed E-state index contributed by atoms with van der Waals surface area (Å²) in [5, 5.41) is 16.2. The van der Waals surface area contributed by atoms with Crippen LogP contribution in [0.25, 0.3) is 11.3 Å². The minimum absolute atomic E-state index is 0.116. The van der Waals surface area contributed by atoms with E-state index in [0.717, 1.165) is 6.04 Å². The summed E-state index contributed by atoms with van der Waals surface area (Å²) < 4.78 is 12.3. The molecule has 1 aromatic carbocycles. The van der Waals surface area contributed by atoms with Crippen molar-refractivity contribution in [1.82, 2.24) is 9.78 Å². The van der Waals surface area contributed by atoms with Gasteiger partial charge in [-0.3, -0.25) is 10.1 Å². The maximum absolute atomic E-state index is 11.4. The molecule has 2 aromatic rings. The van der Waals surface area contributed by atoms with Crippen LogP contribution < -0.4 is 4.74 Å². The maximum Gasteiger partial charge on any atom is 0.315 e. The molecule has 2 rings (SSSR count). The summed E-state index contributed by atoms with van der Waals surface area (Å²) in [5.41, 5.74) is 0.565. The molecule has 7 nitrogen and oxygen atoms in total. The predicted molar refractivity (Wildman–Crippen MR) is 100.0 cm³/mol. The third-order valence-electron chi connectivity index (χ3n) is 3.58. The standard InChI is InChI=1S/C16H22ClN3O4Si/c1-23-15-6-5-12(17)9-13(15)16-14(20(21)22)10-19(18-16)11-24-7-8-25(2,3)4/h5-6,9-10H,7-8,11H2,1-4H3. The average molecular weight is 384 g/mol. The van der Waals surface area contributed by atoms with Crippen molar-refractivity contribution in [3.05, 3.63) is 39.5 Å². The van der Waals surface area contributed by atoms with Crippen LogP contribution in [0, 0.1) is 10.1 Å². The summed E-state index contributed by atoms with van der Waals surface area (Å²) in [5.74, 6) is 0.470. The monoisotopic (exact) mass is 383 g/mol. The Balaban J connectivity index is 2.26. The summed E-state index contributed by atoms with van der Waals surface area (Å²) >= 11 is 6.03. The Morgan fingerprint density at radius 3 is 2.68 bits per heavy atom. The zero-order valence-corrected chi connectivity index (χ0v) is 16.5. The number of aromatic nitrogens is 2. The zero-order chi connectivity index (χ0) is 18.6. The number of benzene rings is 1. The molecule has 0 aliphatic carbocycles. The lowest BCUT2D eigenvalue weighted by Crippen LogP contribution is -2.22. The van der Waals surface area contributed by atoms with Gasteiger partial charge in [0, 0.05) is 19.7 Å². The molecule has 9 heteroatoms. The van der Waals surface area contributed by atoms with Crippen LogP contribution in [0.15, 0.2) is 24.4 Å². The van der Waals surface area contributed by atoms with Gasteiger partial charge in [0.2, 0.25) is 0 Å². The molecule has 0 unspecified atom stereocenters. The SMILES string of the molecule is COc1ccc(Cl)cc1-c1nn(COCC[Si](C)(C)C)cc1[N+](=O)[O-]. The molecule has 0 N–H and O–H groups in total. The van der Waals surface area contributed by atoms with E-state index >= 15 is 0 Å². The van der Waals surface area contributed by atoms with E-state index in [4.69, 9.17) is 21.1 Å². The average Bonchev–Trinajstić information content (AvgIpc) is 2.95. The lowest BCUT2D eigenvalue weighted by atomic mass is 10.1. The van der Waals surface area contributed by atoms with Gasteiger partial charge in [-0.1, -0.05) is 31.2 Å². The van der Waals surface area contributed by atoms with Crippen LogP contribution >= 0.6 is 11.6 Å². The van der Waals surface area contributed by atoms with E-state index in [1.165, 1.54) is 18.0 Å². The Morgan fingerprint density at radius 2 is 2.08 bits per heavy atom. The van der Waals surface area contributed by atoms with Gasteiger partial charge in [0.25, 0.3) is 0 Å². The molecule has 0 fully saturated rings. The first-order valence-corrected chi connectivity index (χ1v) is 11.9. The van der Waals surface area contributed by atoms with E-state index in [2.05, 4.69) is 24.7 Å². The largest absolute Gasteiger partial charge is 0.496 e. The molecule has 0 amide bonds. The molecule has 0 radical (unpaired) electrons. The van der Waals surface area contributed by atoms with Crippen molar-refractivity contribution in [2.45, 2.75) is 32.4 Å². The predicted octanol–water partition coefficient (Wildman–Crippen LogP) is 4.43. The number of hydrogen-bond acceptors (Lipinski definition) is 5. The lowest BCUT2D eigenvalue weighted by molar-refractivity contribution is -0.384. The highest BCUT2D eigenvalue weighted by Gasteiger charge is 2.24. The molecule has 136 valence electrons.